The Morgan fingerprint density at radius 2 is 2.05 bits per heavy atom. The number of carbonyl (C=O) groups excluding carboxylic acids is 1. The van der Waals surface area contributed by atoms with Crippen LogP contribution in [0.5, 0.6) is 0 Å². The van der Waals surface area contributed by atoms with Crippen LogP contribution in [0.4, 0.5) is 4.79 Å². The van der Waals surface area contributed by atoms with Crippen LogP contribution >= 0.6 is 0 Å². The second-order valence-electron chi connectivity index (χ2n) is 5.92. The first-order valence-electron chi connectivity index (χ1n) is 7.58. The van der Waals surface area contributed by atoms with E-state index in [4.69, 9.17) is 9.84 Å². The molecule has 2 fully saturated rings. The lowest BCUT2D eigenvalue weighted by Gasteiger charge is -2.25. The highest BCUT2D eigenvalue weighted by Gasteiger charge is 2.36. The Labute approximate surface area is 129 Å². The van der Waals surface area contributed by atoms with Crippen LogP contribution < -0.4 is 5.32 Å². The van der Waals surface area contributed by atoms with Crippen molar-refractivity contribution in [2.24, 2.45) is 5.92 Å². The van der Waals surface area contributed by atoms with Gasteiger partial charge < -0.3 is 20.1 Å². The Balaban J connectivity index is 1.78. The molecule has 0 spiro atoms. The lowest BCUT2D eigenvalue weighted by molar-refractivity contribution is -0.132. The van der Waals surface area contributed by atoms with Gasteiger partial charge in [0.1, 0.15) is 12.1 Å². The Morgan fingerprint density at radius 3 is 2.68 bits per heavy atom. The van der Waals surface area contributed by atoms with Crippen molar-refractivity contribution in [2.45, 2.75) is 25.0 Å². The molecule has 1 aliphatic heterocycles. The van der Waals surface area contributed by atoms with Crippen LogP contribution in [0, 0.1) is 5.92 Å². The van der Waals surface area contributed by atoms with Gasteiger partial charge in [-0.2, -0.15) is 0 Å². The van der Waals surface area contributed by atoms with Crippen molar-refractivity contribution in [1.29, 1.82) is 0 Å². The number of hydrogen-bond donors (Lipinski definition) is 2. The summed E-state index contributed by atoms with van der Waals surface area (Å²) in [6.07, 6.45) is 0.853. The van der Waals surface area contributed by atoms with Crippen LogP contribution in [0.2, 0.25) is 0 Å². The fraction of sp³-hybridized carbons (Fsp3) is 0.500. The quantitative estimate of drug-likeness (QED) is 0.886. The average Bonchev–Trinajstić information content (AvgIpc) is 3.33. The van der Waals surface area contributed by atoms with Crippen LogP contribution in [0.15, 0.2) is 30.3 Å². The summed E-state index contributed by atoms with van der Waals surface area (Å²) in [5, 5.41) is 11.2. The van der Waals surface area contributed by atoms with Gasteiger partial charge in [-0.1, -0.05) is 30.3 Å². The summed E-state index contributed by atoms with van der Waals surface area (Å²) in [4.78, 5) is 25.2. The molecule has 1 unspecified atom stereocenters. The molecule has 1 saturated carbocycles. The van der Waals surface area contributed by atoms with E-state index in [1.54, 1.807) is 4.90 Å². The number of benzene rings is 1. The molecule has 3 rings (SSSR count). The normalized spacial score (nSPS) is 25.6. The number of carbonyl (C=O) groups is 2. The average molecular weight is 304 g/mol. The third kappa shape index (κ3) is 3.57. The van der Waals surface area contributed by atoms with Crippen molar-refractivity contribution in [3.63, 3.8) is 0 Å². The minimum atomic E-state index is -1.20. The highest BCUT2D eigenvalue weighted by molar-refractivity contribution is 5.85. The highest BCUT2D eigenvalue weighted by atomic mass is 16.5. The molecule has 0 bridgehead atoms. The molecular weight excluding hydrogens is 284 g/mol. The number of ether oxygens (including phenoxy) is 1. The Kier molecular flexibility index (Phi) is 4.29. The highest BCUT2D eigenvalue weighted by Crippen LogP contribution is 2.31. The zero-order valence-electron chi connectivity index (χ0n) is 12.3. The molecule has 1 aromatic carbocycles. The van der Waals surface area contributed by atoms with Crippen LogP contribution in [0.3, 0.4) is 0 Å². The van der Waals surface area contributed by atoms with Crippen LogP contribution in [0.25, 0.3) is 0 Å². The van der Waals surface area contributed by atoms with E-state index in [2.05, 4.69) is 5.32 Å². The fourth-order valence-corrected chi connectivity index (χ4v) is 2.75. The first-order chi connectivity index (χ1) is 10.6. The molecule has 2 aliphatic rings. The van der Waals surface area contributed by atoms with Crippen molar-refractivity contribution in [3.8, 4) is 0 Å². The van der Waals surface area contributed by atoms with E-state index in [1.807, 2.05) is 30.3 Å². The van der Waals surface area contributed by atoms with Crippen molar-refractivity contribution >= 4 is 12.0 Å². The molecule has 1 heterocycles. The van der Waals surface area contributed by atoms with Gasteiger partial charge in [0, 0.05) is 6.54 Å². The molecule has 1 saturated heterocycles. The van der Waals surface area contributed by atoms with Gasteiger partial charge in [-0.15, -0.1) is 0 Å². The van der Waals surface area contributed by atoms with Gasteiger partial charge in [0.25, 0.3) is 0 Å². The molecule has 0 radical (unpaired) electrons. The zero-order valence-corrected chi connectivity index (χ0v) is 12.3. The fourth-order valence-electron chi connectivity index (χ4n) is 2.75. The van der Waals surface area contributed by atoms with Gasteiger partial charge in [0.05, 0.1) is 13.2 Å². The Hall–Kier alpha value is -2.08. The third-order valence-electron chi connectivity index (χ3n) is 4.10. The summed E-state index contributed by atoms with van der Waals surface area (Å²) in [7, 11) is 0. The molecule has 6 nitrogen and oxygen atoms in total. The smallest absolute Gasteiger partial charge is 0.405 e. The monoisotopic (exact) mass is 304 g/mol. The number of amides is 2. The second-order valence-corrected chi connectivity index (χ2v) is 5.92. The maximum Gasteiger partial charge on any atom is 0.405 e. The number of nitrogens with one attached hydrogen (secondary N) is 1. The molecule has 2 amide bonds. The molecule has 22 heavy (non-hydrogen) atoms. The lowest BCUT2D eigenvalue weighted by Crippen LogP contribution is -2.49. The van der Waals surface area contributed by atoms with Gasteiger partial charge in [-0.05, 0) is 24.3 Å². The van der Waals surface area contributed by atoms with Crippen LogP contribution in [-0.4, -0.2) is 47.7 Å². The van der Waals surface area contributed by atoms with Crippen LogP contribution in [0.1, 0.15) is 24.5 Å². The van der Waals surface area contributed by atoms with E-state index >= 15 is 0 Å². The standard InChI is InChI=1S/C16H20N2O4/c19-15-13(17-16(20)21)10-22-14(12-4-2-1-3-5-12)9-18(15)8-11-6-7-11/h1-5,11,13-14,17H,6-10H2,(H,20,21)/t13-,14?/m1/s1. The maximum absolute atomic E-state index is 12.5. The molecule has 118 valence electrons. The van der Waals surface area contributed by atoms with Crippen molar-refractivity contribution in [3.05, 3.63) is 35.9 Å². The summed E-state index contributed by atoms with van der Waals surface area (Å²) < 4.78 is 5.82. The number of hydrogen-bond acceptors (Lipinski definition) is 3. The summed E-state index contributed by atoms with van der Waals surface area (Å²) in [5.41, 5.74) is 1.01. The Morgan fingerprint density at radius 1 is 1.32 bits per heavy atom. The molecule has 1 aromatic rings. The number of rotatable bonds is 4. The second kappa shape index (κ2) is 6.36. The van der Waals surface area contributed by atoms with Gasteiger partial charge in [0.2, 0.25) is 5.91 Å². The first-order valence-corrected chi connectivity index (χ1v) is 7.58. The molecular formula is C16H20N2O4. The van der Waals surface area contributed by atoms with Gasteiger partial charge in [-0.25, -0.2) is 4.79 Å². The van der Waals surface area contributed by atoms with Crippen molar-refractivity contribution in [2.75, 3.05) is 19.7 Å². The summed E-state index contributed by atoms with van der Waals surface area (Å²) in [5.74, 6) is 0.358. The zero-order chi connectivity index (χ0) is 15.5. The lowest BCUT2D eigenvalue weighted by atomic mass is 10.1. The van der Waals surface area contributed by atoms with E-state index in [1.165, 1.54) is 0 Å². The molecule has 2 N–H and O–H groups in total. The molecule has 0 aromatic heterocycles. The molecule has 1 aliphatic carbocycles. The maximum atomic E-state index is 12.5. The van der Waals surface area contributed by atoms with E-state index in [0.29, 0.717) is 19.0 Å². The predicted octanol–water partition coefficient (Wildman–Crippen LogP) is 1.63. The largest absolute Gasteiger partial charge is 0.465 e. The van der Waals surface area contributed by atoms with E-state index in [-0.39, 0.29) is 18.6 Å². The van der Waals surface area contributed by atoms with E-state index < -0.39 is 12.1 Å². The molecule has 6 heteroatoms. The Bertz CT molecular complexity index is 544. The van der Waals surface area contributed by atoms with Gasteiger partial charge in [-0.3, -0.25) is 4.79 Å². The van der Waals surface area contributed by atoms with Gasteiger partial charge in [0.15, 0.2) is 0 Å². The van der Waals surface area contributed by atoms with Crippen molar-refractivity contribution < 1.29 is 19.4 Å². The SMILES string of the molecule is O=C(O)N[C@@H]1COC(c2ccccc2)CN(CC2CC2)C1=O. The summed E-state index contributed by atoms with van der Waals surface area (Å²) in [6.45, 7) is 1.21. The number of carboxylic acid groups (broad SMARTS) is 1. The molecule has 2 atom stereocenters. The van der Waals surface area contributed by atoms with E-state index in [0.717, 1.165) is 18.4 Å². The summed E-state index contributed by atoms with van der Waals surface area (Å²) in [6, 6.07) is 8.91. The number of nitrogens with zero attached hydrogens (tertiary/aromatic N) is 1. The van der Waals surface area contributed by atoms with E-state index in [9.17, 15) is 9.59 Å². The van der Waals surface area contributed by atoms with Crippen LogP contribution in [-0.2, 0) is 9.53 Å². The predicted molar refractivity (Wildman–Crippen MR) is 79.4 cm³/mol. The van der Waals surface area contributed by atoms with Crippen molar-refractivity contribution in [1.82, 2.24) is 10.2 Å². The topological polar surface area (TPSA) is 78.9 Å². The minimum absolute atomic E-state index is 0.0614. The third-order valence-corrected chi connectivity index (χ3v) is 4.10. The minimum Gasteiger partial charge on any atom is -0.465 e. The van der Waals surface area contributed by atoms with Gasteiger partial charge >= 0.3 is 6.09 Å². The first kappa shape index (κ1) is 14.8. The summed E-state index contributed by atoms with van der Waals surface area (Å²) >= 11 is 0.